The molecule has 0 unspecified atom stereocenters. The molecule has 3 heteroatoms. The monoisotopic (exact) mass is 259 g/mol. The quantitative estimate of drug-likeness (QED) is 0.838. The Kier molecular flexibility index (Phi) is 4.78. The van der Waals surface area contributed by atoms with Crippen LogP contribution in [-0.2, 0) is 6.54 Å². The van der Waals surface area contributed by atoms with Crippen molar-refractivity contribution >= 4 is 5.69 Å². The molecule has 100 valence electrons. The van der Waals surface area contributed by atoms with Gasteiger partial charge in [-0.05, 0) is 42.3 Å². The van der Waals surface area contributed by atoms with E-state index in [-0.39, 0.29) is 5.82 Å². The zero-order valence-electron chi connectivity index (χ0n) is 11.0. The molecule has 0 atom stereocenters. The van der Waals surface area contributed by atoms with Crippen molar-refractivity contribution in [3.63, 3.8) is 0 Å². The van der Waals surface area contributed by atoms with Crippen molar-refractivity contribution in [3.05, 3.63) is 59.9 Å². The SMILES string of the molecule is CCCOc1cccc(CNc2cccc(F)c2)c1. The molecule has 0 heterocycles. The van der Waals surface area contributed by atoms with E-state index in [4.69, 9.17) is 4.74 Å². The lowest BCUT2D eigenvalue weighted by Gasteiger charge is -2.09. The van der Waals surface area contributed by atoms with Gasteiger partial charge in [0.25, 0.3) is 0 Å². The first-order chi connectivity index (χ1) is 9.28. The average Bonchev–Trinajstić information content (AvgIpc) is 2.43. The minimum absolute atomic E-state index is 0.231. The van der Waals surface area contributed by atoms with Crippen molar-refractivity contribution < 1.29 is 9.13 Å². The van der Waals surface area contributed by atoms with Crippen molar-refractivity contribution in [2.45, 2.75) is 19.9 Å². The van der Waals surface area contributed by atoms with Crippen molar-refractivity contribution in [1.29, 1.82) is 0 Å². The molecule has 2 aromatic carbocycles. The lowest BCUT2D eigenvalue weighted by atomic mass is 10.2. The van der Waals surface area contributed by atoms with Gasteiger partial charge in [0.05, 0.1) is 6.61 Å². The Morgan fingerprint density at radius 3 is 2.74 bits per heavy atom. The highest BCUT2D eigenvalue weighted by Crippen LogP contribution is 2.16. The largest absolute Gasteiger partial charge is 0.494 e. The fourth-order valence-corrected chi connectivity index (χ4v) is 1.77. The maximum Gasteiger partial charge on any atom is 0.125 e. The number of anilines is 1. The maximum absolute atomic E-state index is 13.0. The molecular weight excluding hydrogens is 241 g/mol. The van der Waals surface area contributed by atoms with Gasteiger partial charge in [-0.15, -0.1) is 0 Å². The van der Waals surface area contributed by atoms with E-state index < -0.39 is 0 Å². The Labute approximate surface area is 113 Å². The van der Waals surface area contributed by atoms with Gasteiger partial charge < -0.3 is 10.1 Å². The summed E-state index contributed by atoms with van der Waals surface area (Å²) in [5, 5.41) is 3.19. The fraction of sp³-hybridized carbons (Fsp3) is 0.250. The number of rotatable bonds is 6. The Bertz CT molecular complexity index is 528. The second-order valence-electron chi connectivity index (χ2n) is 4.36. The molecular formula is C16H18FNO. The third kappa shape index (κ3) is 4.28. The summed E-state index contributed by atoms with van der Waals surface area (Å²) in [6.07, 6.45) is 0.992. The molecule has 0 radical (unpaired) electrons. The lowest BCUT2D eigenvalue weighted by molar-refractivity contribution is 0.317. The zero-order valence-corrected chi connectivity index (χ0v) is 11.0. The number of halogens is 1. The van der Waals surface area contributed by atoms with Crippen molar-refractivity contribution in [3.8, 4) is 5.75 Å². The van der Waals surface area contributed by atoms with Crippen LogP contribution in [0.1, 0.15) is 18.9 Å². The van der Waals surface area contributed by atoms with Gasteiger partial charge in [-0.2, -0.15) is 0 Å². The van der Waals surface area contributed by atoms with Gasteiger partial charge in [0.15, 0.2) is 0 Å². The van der Waals surface area contributed by atoms with Gasteiger partial charge in [-0.25, -0.2) is 4.39 Å². The molecule has 0 aromatic heterocycles. The van der Waals surface area contributed by atoms with Crippen molar-refractivity contribution in [2.24, 2.45) is 0 Å². The van der Waals surface area contributed by atoms with Crippen LogP contribution in [0.2, 0.25) is 0 Å². The first-order valence-corrected chi connectivity index (χ1v) is 6.49. The summed E-state index contributed by atoms with van der Waals surface area (Å²) in [6, 6.07) is 14.4. The van der Waals surface area contributed by atoms with E-state index >= 15 is 0 Å². The summed E-state index contributed by atoms with van der Waals surface area (Å²) in [6.45, 7) is 3.45. The third-order valence-corrected chi connectivity index (χ3v) is 2.69. The molecule has 0 saturated heterocycles. The summed E-state index contributed by atoms with van der Waals surface area (Å²) >= 11 is 0. The lowest BCUT2D eigenvalue weighted by Crippen LogP contribution is -2.01. The van der Waals surface area contributed by atoms with E-state index in [2.05, 4.69) is 12.2 Å². The van der Waals surface area contributed by atoms with Gasteiger partial charge in [0, 0.05) is 12.2 Å². The molecule has 0 aliphatic heterocycles. The summed E-state index contributed by atoms with van der Waals surface area (Å²) in [5.41, 5.74) is 1.89. The van der Waals surface area contributed by atoms with Gasteiger partial charge in [0.1, 0.15) is 11.6 Å². The van der Waals surface area contributed by atoms with Crippen LogP contribution in [0.25, 0.3) is 0 Å². The van der Waals surface area contributed by atoms with E-state index in [9.17, 15) is 4.39 Å². The van der Waals surface area contributed by atoms with E-state index in [1.165, 1.54) is 12.1 Å². The van der Waals surface area contributed by atoms with Crippen LogP contribution in [0.15, 0.2) is 48.5 Å². The second-order valence-corrected chi connectivity index (χ2v) is 4.36. The molecule has 1 N–H and O–H groups in total. The third-order valence-electron chi connectivity index (χ3n) is 2.69. The summed E-state index contributed by atoms with van der Waals surface area (Å²) in [7, 11) is 0. The Morgan fingerprint density at radius 1 is 1.11 bits per heavy atom. The maximum atomic E-state index is 13.0. The van der Waals surface area contributed by atoms with Gasteiger partial charge >= 0.3 is 0 Å². The van der Waals surface area contributed by atoms with Crippen LogP contribution in [0.3, 0.4) is 0 Å². The van der Waals surface area contributed by atoms with Crippen LogP contribution in [-0.4, -0.2) is 6.61 Å². The molecule has 0 aliphatic rings. The van der Waals surface area contributed by atoms with Gasteiger partial charge in [-0.1, -0.05) is 25.1 Å². The standard InChI is InChI=1S/C16H18FNO/c1-2-9-19-16-8-3-5-13(10-16)12-18-15-7-4-6-14(17)11-15/h3-8,10-11,18H,2,9,12H2,1H3. The first-order valence-electron chi connectivity index (χ1n) is 6.49. The highest BCUT2D eigenvalue weighted by atomic mass is 19.1. The van der Waals surface area contributed by atoms with Gasteiger partial charge in [-0.3, -0.25) is 0 Å². The van der Waals surface area contributed by atoms with E-state index in [1.807, 2.05) is 30.3 Å². The minimum atomic E-state index is -0.231. The molecule has 0 amide bonds. The molecule has 2 rings (SSSR count). The van der Waals surface area contributed by atoms with E-state index in [1.54, 1.807) is 6.07 Å². The predicted octanol–water partition coefficient (Wildman–Crippen LogP) is 4.23. The number of nitrogens with one attached hydrogen (secondary N) is 1. The van der Waals surface area contributed by atoms with Crippen LogP contribution >= 0.6 is 0 Å². The van der Waals surface area contributed by atoms with Crippen LogP contribution < -0.4 is 10.1 Å². The Hall–Kier alpha value is -2.03. The highest BCUT2D eigenvalue weighted by molar-refractivity contribution is 5.44. The summed E-state index contributed by atoms with van der Waals surface area (Å²) in [4.78, 5) is 0. The smallest absolute Gasteiger partial charge is 0.125 e. The van der Waals surface area contributed by atoms with Crippen molar-refractivity contribution in [2.75, 3.05) is 11.9 Å². The highest BCUT2D eigenvalue weighted by Gasteiger charge is 1.98. The van der Waals surface area contributed by atoms with E-state index in [0.717, 1.165) is 30.0 Å². The minimum Gasteiger partial charge on any atom is -0.494 e. The molecule has 19 heavy (non-hydrogen) atoms. The normalized spacial score (nSPS) is 10.2. The number of benzene rings is 2. The van der Waals surface area contributed by atoms with Crippen LogP contribution in [0, 0.1) is 5.82 Å². The number of hydrogen-bond acceptors (Lipinski definition) is 2. The Balaban J connectivity index is 1.95. The molecule has 0 saturated carbocycles. The summed E-state index contributed by atoms with van der Waals surface area (Å²) in [5.74, 6) is 0.644. The zero-order chi connectivity index (χ0) is 13.5. The fourth-order valence-electron chi connectivity index (χ4n) is 1.77. The molecule has 0 fully saturated rings. The second kappa shape index (κ2) is 6.78. The summed E-state index contributed by atoms with van der Waals surface area (Å²) < 4.78 is 18.6. The predicted molar refractivity (Wildman–Crippen MR) is 76.0 cm³/mol. The molecule has 2 nitrogen and oxygen atoms in total. The molecule has 0 bridgehead atoms. The first kappa shape index (κ1) is 13.4. The number of ether oxygens (including phenoxy) is 1. The van der Waals surface area contributed by atoms with Crippen LogP contribution in [0.4, 0.5) is 10.1 Å². The molecule has 0 aliphatic carbocycles. The topological polar surface area (TPSA) is 21.3 Å². The Morgan fingerprint density at radius 2 is 1.95 bits per heavy atom. The van der Waals surface area contributed by atoms with Crippen molar-refractivity contribution in [1.82, 2.24) is 0 Å². The van der Waals surface area contributed by atoms with Crippen LogP contribution in [0.5, 0.6) is 5.75 Å². The molecule has 0 spiro atoms. The number of hydrogen-bond donors (Lipinski definition) is 1. The van der Waals surface area contributed by atoms with E-state index in [0.29, 0.717) is 6.54 Å². The van der Waals surface area contributed by atoms with Gasteiger partial charge in [0.2, 0.25) is 0 Å². The average molecular weight is 259 g/mol. The molecule has 2 aromatic rings.